The van der Waals surface area contributed by atoms with Gasteiger partial charge in [-0.1, -0.05) is 48.5 Å². The standard InChI is InChI=1S/C13H11FO2.C7H8/c1-7-8(2)11(6-13(15)16)12-5-9(14)3-4-10(7)12;1-7-5-3-2-4-6-7/h3-5H,1,6H2,2H3,(H,15,16);2-6H,1H3. The van der Waals surface area contributed by atoms with E-state index in [9.17, 15) is 9.18 Å². The molecule has 0 saturated carbocycles. The minimum atomic E-state index is -0.917. The van der Waals surface area contributed by atoms with Gasteiger partial charge in [-0.15, -0.1) is 0 Å². The molecule has 2 aromatic carbocycles. The Kier molecular flexibility index (Phi) is 5.12. The summed E-state index contributed by atoms with van der Waals surface area (Å²) >= 11 is 0. The molecule has 2 nitrogen and oxygen atoms in total. The third-order valence-electron chi connectivity index (χ3n) is 3.81. The maximum atomic E-state index is 13.1. The number of carbonyl (C=O) groups is 1. The Bertz CT molecular complexity index is 773. The molecule has 1 aliphatic rings. The molecule has 3 rings (SSSR count). The molecule has 0 heterocycles. The number of benzene rings is 2. The largest absolute Gasteiger partial charge is 0.481 e. The van der Waals surface area contributed by atoms with Crippen molar-refractivity contribution in [2.75, 3.05) is 0 Å². The van der Waals surface area contributed by atoms with Gasteiger partial charge < -0.3 is 5.11 Å². The number of aryl methyl sites for hydroxylation is 1. The average Bonchev–Trinajstić information content (AvgIpc) is 2.73. The van der Waals surface area contributed by atoms with Crippen LogP contribution in [0.15, 0.2) is 60.7 Å². The van der Waals surface area contributed by atoms with Crippen LogP contribution in [0.25, 0.3) is 11.1 Å². The lowest BCUT2D eigenvalue weighted by atomic mass is 10.0. The number of allylic oxidation sites excluding steroid dienone is 2. The molecule has 0 unspecified atom stereocenters. The van der Waals surface area contributed by atoms with Crippen LogP contribution in [0.3, 0.4) is 0 Å². The number of carboxylic acid groups (broad SMARTS) is 1. The van der Waals surface area contributed by atoms with E-state index < -0.39 is 5.97 Å². The van der Waals surface area contributed by atoms with Crippen LogP contribution in [0.5, 0.6) is 0 Å². The highest BCUT2D eigenvalue weighted by Crippen LogP contribution is 2.41. The highest BCUT2D eigenvalue weighted by Gasteiger charge is 2.24. The van der Waals surface area contributed by atoms with E-state index in [0.29, 0.717) is 11.1 Å². The molecule has 0 spiro atoms. The van der Waals surface area contributed by atoms with Gasteiger partial charge in [0.15, 0.2) is 0 Å². The van der Waals surface area contributed by atoms with Gasteiger partial charge in [0.2, 0.25) is 0 Å². The van der Waals surface area contributed by atoms with Crippen molar-refractivity contribution in [1.82, 2.24) is 0 Å². The maximum Gasteiger partial charge on any atom is 0.307 e. The van der Waals surface area contributed by atoms with Crippen LogP contribution < -0.4 is 0 Å². The molecule has 1 N–H and O–H groups in total. The number of rotatable bonds is 2. The summed E-state index contributed by atoms with van der Waals surface area (Å²) < 4.78 is 13.1. The van der Waals surface area contributed by atoms with Crippen molar-refractivity contribution in [3.05, 3.63) is 83.2 Å². The second kappa shape index (κ2) is 7.05. The highest BCUT2D eigenvalue weighted by atomic mass is 19.1. The van der Waals surface area contributed by atoms with E-state index in [4.69, 9.17) is 5.11 Å². The Morgan fingerprint density at radius 1 is 1.09 bits per heavy atom. The van der Waals surface area contributed by atoms with E-state index in [-0.39, 0.29) is 12.2 Å². The number of halogens is 1. The first-order valence-corrected chi connectivity index (χ1v) is 7.33. The molecule has 0 radical (unpaired) electrons. The van der Waals surface area contributed by atoms with Gasteiger partial charge in [0.25, 0.3) is 0 Å². The van der Waals surface area contributed by atoms with E-state index >= 15 is 0 Å². The highest BCUT2D eigenvalue weighted by molar-refractivity contribution is 6.02. The van der Waals surface area contributed by atoms with Gasteiger partial charge in [-0.2, -0.15) is 0 Å². The second-order valence-corrected chi connectivity index (χ2v) is 5.50. The normalized spacial score (nSPS) is 12.6. The fourth-order valence-corrected chi connectivity index (χ4v) is 2.53. The molecule has 0 fully saturated rings. The lowest BCUT2D eigenvalue weighted by molar-refractivity contribution is -0.135. The molecule has 118 valence electrons. The van der Waals surface area contributed by atoms with Gasteiger partial charge in [-0.05, 0) is 53.8 Å². The summed E-state index contributed by atoms with van der Waals surface area (Å²) in [4.78, 5) is 10.7. The van der Waals surface area contributed by atoms with Crippen LogP contribution in [-0.4, -0.2) is 11.1 Å². The summed E-state index contributed by atoms with van der Waals surface area (Å²) in [6.45, 7) is 7.79. The van der Waals surface area contributed by atoms with Gasteiger partial charge in [-0.25, -0.2) is 4.39 Å². The summed E-state index contributed by atoms with van der Waals surface area (Å²) in [5.74, 6) is -1.27. The number of hydrogen-bond donors (Lipinski definition) is 1. The molecule has 0 aliphatic heterocycles. The molecule has 2 aromatic rings. The summed E-state index contributed by atoms with van der Waals surface area (Å²) in [5.41, 5.74) is 5.09. The Morgan fingerprint density at radius 3 is 2.26 bits per heavy atom. The molecule has 1 aliphatic carbocycles. The Labute approximate surface area is 135 Å². The van der Waals surface area contributed by atoms with E-state index in [0.717, 1.165) is 16.7 Å². The lowest BCUT2D eigenvalue weighted by Crippen LogP contribution is -1.97. The molecule has 3 heteroatoms. The third kappa shape index (κ3) is 3.95. The van der Waals surface area contributed by atoms with Crippen LogP contribution in [-0.2, 0) is 4.79 Å². The zero-order chi connectivity index (χ0) is 17.0. The van der Waals surface area contributed by atoms with E-state index in [2.05, 4.69) is 25.6 Å². The first-order valence-electron chi connectivity index (χ1n) is 7.33. The summed E-state index contributed by atoms with van der Waals surface area (Å²) in [6, 6.07) is 14.6. The van der Waals surface area contributed by atoms with Crippen LogP contribution >= 0.6 is 0 Å². The maximum absolute atomic E-state index is 13.1. The Balaban J connectivity index is 0.000000229. The lowest BCUT2D eigenvalue weighted by Gasteiger charge is -2.03. The van der Waals surface area contributed by atoms with Gasteiger partial charge in [-0.3, -0.25) is 4.79 Å². The number of aliphatic carboxylic acids is 1. The molecule has 0 atom stereocenters. The van der Waals surface area contributed by atoms with Crippen molar-refractivity contribution >= 4 is 17.1 Å². The Morgan fingerprint density at radius 2 is 1.74 bits per heavy atom. The second-order valence-electron chi connectivity index (χ2n) is 5.50. The fourth-order valence-electron chi connectivity index (χ4n) is 2.53. The number of carboxylic acids is 1. The zero-order valence-electron chi connectivity index (χ0n) is 13.3. The molecule has 0 bridgehead atoms. The monoisotopic (exact) mass is 310 g/mol. The molecule has 0 aromatic heterocycles. The van der Waals surface area contributed by atoms with Crippen LogP contribution in [0.1, 0.15) is 30.0 Å². The summed E-state index contributed by atoms with van der Waals surface area (Å²) in [5, 5.41) is 8.82. The SMILES string of the molecule is C=C1C(C)=C(CC(=O)O)c2cc(F)ccc21.Cc1ccccc1. The van der Waals surface area contributed by atoms with Crippen molar-refractivity contribution in [3.63, 3.8) is 0 Å². The number of fused-ring (bicyclic) bond motifs is 1. The third-order valence-corrected chi connectivity index (χ3v) is 3.81. The van der Waals surface area contributed by atoms with E-state index in [1.54, 1.807) is 6.07 Å². The van der Waals surface area contributed by atoms with Gasteiger partial charge >= 0.3 is 5.97 Å². The first kappa shape index (κ1) is 16.7. The fraction of sp³-hybridized carbons (Fsp3) is 0.150. The predicted octanol–water partition coefficient (Wildman–Crippen LogP) is 5.10. The number of hydrogen-bond acceptors (Lipinski definition) is 1. The van der Waals surface area contributed by atoms with Gasteiger partial charge in [0, 0.05) is 0 Å². The predicted molar refractivity (Wildman–Crippen MR) is 91.5 cm³/mol. The van der Waals surface area contributed by atoms with Crippen LogP contribution in [0.4, 0.5) is 4.39 Å². The van der Waals surface area contributed by atoms with Gasteiger partial charge in [0.1, 0.15) is 5.82 Å². The quantitative estimate of drug-likeness (QED) is 0.838. The van der Waals surface area contributed by atoms with Crippen molar-refractivity contribution in [1.29, 1.82) is 0 Å². The smallest absolute Gasteiger partial charge is 0.307 e. The average molecular weight is 310 g/mol. The molecule has 23 heavy (non-hydrogen) atoms. The molecule has 0 saturated heterocycles. The van der Waals surface area contributed by atoms with E-state index in [1.807, 2.05) is 25.1 Å². The van der Waals surface area contributed by atoms with Crippen molar-refractivity contribution in [3.8, 4) is 0 Å². The first-order chi connectivity index (χ1) is 10.9. The molecule has 0 amide bonds. The minimum absolute atomic E-state index is 0.0959. The molecular formula is C20H19FO2. The molecular weight excluding hydrogens is 291 g/mol. The van der Waals surface area contributed by atoms with Crippen molar-refractivity contribution < 1.29 is 14.3 Å². The summed E-state index contributed by atoms with van der Waals surface area (Å²) in [6.07, 6.45) is -0.0959. The topological polar surface area (TPSA) is 37.3 Å². The van der Waals surface area contributed by atoms with Crippen LogP contribution in [0, 0.1) is 12.7 Å². The van der Waals surface area contributed by atoms with Gasteiger partial charge in [0.05, 0.1) is 6.42 Å². The Hall–Kier alpha value is -2.68. The minimum Gasteiger partial charge on any atom is -0.481 e. The zero-order valence-corrected chi connectivity index (χ0v) is 13.3. The van der Waals surface area contributed by atoms with Crippen LogP contribution in [0.2, 0.25) is 0 Å². The summed E-state index contributed by atoms with van der Waals surface area (Å²) in [7, 11) is 0. The van der Waals surface area contributed by atoms with Crippen molar-refractivity contribution in [2.24, 2.45) is 0 Å². The van der Waals surface area contributed by atoms with Crippen molar-refractivity contribution in [2.45, 2.75) is 20.3 Å². The van der Waals surface area contributed by atoms with E-state index in [1.165, 1.54) is 17.7 Å².